The van der Waals surface area contributed by atoms with Crippen LogP contribution >= 0.6 is 0 Å². The second-order valence-corrected chi connectivity index (χ2v) is 12.6. The molecule has 19 N–H and O–H groups in total. The maximum absolute atomic E-state index is 13.9. The van der Waals surface area contributed by atoms with Crippen LogP contribution in [0.2, 0.25) is 0 Å². The summed E-state index contributed by atoms with van der Waals surface area (Å²) in [4.78, 5) is 94.2. The van der Waals surface area contributed by atoms with Gasteiger partial charge >= 0.3 is 5.97 Å². The third kappa shape index (κ3) is 17.7. The normalized spacial score (nSPS) is 14.6. The van der Waals surface area contributed by atoms with Gasteiger partial charge in [0.2, 0.25) is 35.4 Å². The highest BCUT2D eigenvalue weighted by Gasteiger charge is 2.33. The lowest BCUT2D eigenvalue weighted by Crippen LogP contribution is -2.60. The van der Waals surface area contributed by atoms with E-state index < -0.39 is 104 Å². The summed E-state index contributed by atoms with van der Waals surface area (Å²) in [7, 11) is 0. The number of benzene rings is 1. The molecule has 0 heterocycles. The number of hydrogen-bond donors (Lipinski definition) is 15. The second-order valence-electron chi connectivity index (χ2n) is 12.6. The number of aliphatic hydroxyl groups excluding tert-OH is 3. The number of guanidine groups is 1. The Morgan fingerprint density at radius 3 is 1.62 bits per heavy atom. The van der Waals surface area contributed by atoms with Gasteiger partial charge in [-0.2, -0.15) is 0 Å². The number of carboxylic acid groups (broad SMARTS) is 1. The Bertz CT molecular complexity index is 1490. The van der Waals surface area contributed by atoms with Gasteiger partial charge in [-0.15, -0.1) is 0 Å². The number of carbonyl (C=O) groups excluding carboxylic acids is 6. The van der Waals surface area contributed by atoms with Crippen molar-refractivity contribution in [2.24, 2.45) is 27.9 Å². The number of aliphatic carboxylic acids is 1. The summed E-state index contributed by atoms with van der Waals surface area (Å²) in [5.41, 5.74) is 22.2. The van der Waals surface area contributed by atoms with Gasteiger partial charge in [-0.3, -0.25) is 33.8 Å². The van der Waals surface area contributed by atoms with Crippen molar-refractivity contribution >= 4 is 47.4 Å². The molecule has 314 valence electrons. The first-order valence-corrected chi connectivity index (χ1v) is 17.6. The van der Waals surface area contributed by atoms with Crippen molar-refractivity contribution < 1.29 is 59.1 Å². The van der Waals surface area contributed by atoms with Crippen LogP contribution in [0.1, 0.15) is 44.6 Å². The van der Waals surface area contributed by atoms with Crippen LogP contribution in [-0.2, 0) is 40.0 Å². The Balaban J connectivity index is 3.40. The maximum atomic E-state index is 13.9. The average Bonchev–Trinajstić information content (AvgIpc) is 3.16. The Morgan fingerprint density at radius 2 is 1.12 bits per heavy atom. The number of nitrogens with zero attached hydrogens (tertiary/aromatic N) is 1. The molecule has 23 nitrogen and oxygen atoms in total. The highest BCUT2D eigenvalue weighted by molar-refractivity contribution is 5.97. The molecule has 6 amide bonds. The zero-order valence-corrected chi connectivity index (χ0v) is 31.0. The van der Waals surface area contributed by atoms with Gasteiger partial charge in [-0.25, -0.2) is 4.79 Å². The number of aromatic hydroxyl groups is 1. The number of nitrogens with two attached hydrogens (primary N) is 4. The smallest absolute Gasteiger partial charge is 0.328 e. The molecule has 0 aliphatic carbocycles. The predicted molar refractivity (Wildman–Crippen MR) is 199 cm³/mol. The standard InChI is InChI=1S/C33H55N11O12/c1-17(39-27(50)20(35)14-45)26(49)43-24(15-46)31(54)42-23(13-18-7-9-19(48)10-8-18)30(53)41-22(6-4-12-38-33(36)37)28(51)40-21(5-2-3-11-34)29(52)44-25(16-47)32(55)56/h7-10,17,20-25,45-48H,2-6,11-16,34-35H2,1H3,(H,39,50)(H,40,51)(H,41,53)(H,42,54)(H,43,49)(H,44,52)(H,55,56)(H4,36,37,38)/t17-,20-,21-,22-,23-,24-,25-/m0/s1. The minimum atomic E-state index is -1.67. The van der Waals surface area contributed by atoms with Gasteiger partial charge in [-0.05, 0) is 63.3 Å². The van der Waals surface area contributed by atoms with Crippen LogP contribution in [0.5, 0.6) is 5.75 Å². The highest BCUT2D eigenvalue weighted by atomic mass is 16.4. The van der Waals surface area contributed by atoms with E-state index in [9.17, 15) is 54.0 Å². The van der Waals surface area contributed by atoms with Gasteiger partial charge in [0, 0.05) is 13.0 Å². The Kier molecular flexibility index (Phi) is 22.0. The number of phenols is 1. The van der Waals surface area contributed by atoms with E-state index in [4.69, 9.17) is 28.0 Å². The van der Waals surface area contributed by atoms with Gasteiger partial charge in [0.15, 0.2) is 5.96 Å². The van der Waals surface area contributed by atoms with Gasteiger partial charge in [0.25, 0.3) is 0 Å². The molecule has 0 bridgehead atoms. The lowest BCUT2D eigenvalue weighted by Gasteiger charge is -2.27. The minimum Gasteiger partial charge on any atom is -0.508 e. The van der Waals surface area contributed by atoms with E-state index in [-0.39, 0.29) is 50.5 Å². The van der Waals surface area contributed by atoms with Gasteiger partial charge in [0.1, 0.15) is 48.0 Å². The first-order chi connectivity index (χ1) is 26.5. The molecule has 56 heavy (non-hydrogen) atoms. The van der Waals surface area contributed by atoms with Crippen LogP contribution in [0.25, 0.3) is 0 Å². The average molecular weight is 798 g/mol. The first kappa shape index (κ1) is 48.4. The van der Waals surface area contributed by atoms with Crippen molar-refractivity contribution in [3.05, 3.63) is 29.8 Å². The monoisotopic (exact) mass is 797 g/mol. The van der Waals surface area contributed by atoms with Gasteiger partial charge in [-0.1, -0.05) is 12.1 Å². The summed E-state index contributed by atoms with van der Waals surface area (Å²) < 4.78 is 0. The number of phenolic OH excluding ortho intramolecular Hbond substituents is 1. The molecule has 1 aromatic rings. The SMILES string of the molecule is C[C@H](NC(=O)[C@@H](N)CO)C(=O)N[C@@H](CO)C(=O)N[C@@H](Cc1ccc(O)cc1)C(=O)N[C@@H](CCCN=C(N)N)C(=O)N[C@@H](CCCCN)C(=O)N[C@@H](CO)C(=O)O. The Labute approximate surface area is 322 Å². The number of aliphatic imine (C=N–C) groups is 1. The summed E-state index contributed by atoms with van der Waals surface area (Å²) in [5, 5.41) is 61.6. The molecule has 1 aromatic carbocycles. The number of amides is 6. The molecule has 0 spiro atoms. The van der Waals surface area contributed by atoms with E-state index in [0.29, 0.717) is 18.4 Å². The molecule has 0 saturated heterocycles. The molecule has 7 atom stereocenters. The largest absolute Gasteiger partial charge is 0.508 e. The van der Waals surface area contributed by atoms with E-state index in [1.165, 1.54) is 31.2 Å². The number of nitrogens with one attached hydrogen (secondary N) is 6. The summed E-state index contributed by atoms with van der Waals surface area (Å²) >= 11 is 0. The second kappa shape index (κ2) is 25.5. The lowest BCUT2D eigenvalue weighted by atomic mass is 10.0. The number of hydrogen-bond acceptors (Lipinski definition) is 14. The number of unbranched alkanes of at least 4 members (excludes halogenated alkanes) is 1. The number of carboxylic acids is 1. The van der Waals surface area contributed by atoms with Crippen LogP contribution in [-0.4, -0.2) is 148 Å². The van der Waals surface area contributed by atoms with E-state index in [0.717, 1.165) is 0 Å². The number of aliphatic hydroxyl groups is 3. The van der Waals surface area contributed by atoms with Crippen molar-refractivity contribution in [2.45, 2.75) is 87.7 Å². The fraction of sp³-hybridized carbons (Fsp3) is 0.576. The van der Waals surface area contributed by atoms with E-state index in [1.807, 2.05) is 0 Å². The van der Waals surface area contributed by atoms with Crippen LogP contribution in [0.3, 0.4) is 0 Å². The predicted octanol–water partition coefficient (Wildman–Crippen LogP) is -6.57. The summed E-state index contributed by atoms with van der Waals surface area (Å²) in [6, 6.07) is -4.58. The molecule has 0 fully saturated rings. The molecule has 0 aromatic heterocycles. The van der Waals surface area contributed by atoms with Crippen LogP contribution in [0.4, 0.5) is 0 Å². The topological polar surface area (TPSA) is 409 Å². The van der Waals surface area contributed by atoms with Gasteiger partial charge < -0.3 is 80.4 Å². The molecule has 0 saturated carbocycles. The van der Waals surface area contributed by atoms with E-state index >= 15 is 0 Å². The molecular formula is C33H55N11O12. The third-order valence-corrected chi connectivity index (χ3v) is 8.07. The fourth-order valence-corrected chi connectivity index (χ4v) is 4.85. The number of carbonyl (C=O) groups is 7. The van der Waals surface area contributed by atoms with E-state index in [2.05, 4.69) is 36.9 Å². The molecule has 0 aliphatic rings. The fourth-order valence-electron chi connectivity index (χ4n) is 4.85. The van der Waals surface area contributed by atoms with Crippen molar-refractivity contribution in [1.29, 1.82) is 0 Å². The quantitative estimate of drug-likeness (QED) is 0.0235. The Morgan fingerprint density at radius 1 is 0.643 bits per heavy atom. The zero-order chi connectivity index (χ0) is 42.4. The van der Waals surface area contributed by atoms with Crippen molar-refractivity contribution in [3.8, 4) is 5.75 Å². The summed E-state index contributed by atoms with van der Waals surface area (Å²) in [6.07, 6.45) is 0.555. The van der Waals surface area contributed by atoms with Crippen LogP contribution in [0.15, 0.2) is 29.3 Å². The molecule has 0 radical (unpaired) electrons. The van der Waals surface area contributed by atoms with Crippen LogP contribution in [0, 0.1) is 0 Å². The minimum absolute atomic E-state index is 0.00550. The van der Waals surface area contributed by atoms with Crippen molar-refractivity contribution in [2.75, 3.05) is 32.9 Å². The molecule has 23 heteroatoms. The number of rotatable bonds is 26. The molecular weight excluding hydrogens is 742 g/mol. The van der Waals surface area contributed by atoms with Gasteiger partial charge in [0.05, 0.1) is 19.8 Å². The van der Waals surface area contributed by atoms with E-state index in [1.54, 1.807) is 0 Å². The van der Waals surface area contributed by atoms with Crippen molar-refractivity contribution in [1.82, 2.24) is 31.9 Å². The maximum Gasteiger partial charge on any atom is 0.328 e. The summed E-state index contributed by atoms with van der Waals surface area (Å²) in [5.74, 6) is -7.45. The van der Waals surface area contributed by atoms with Crippen molar-refractivity contribution in [3.63, 3.8) is 0 Å². The molecule has 0 aliphatic heterocycles. The third-order valence-electron chi connectivity index (χ3n) is 8.07. The molecule has 1 rings (SSSR count). The van der Waals surface area contributed by atoms with Crippen LogP contribution < -0.4 is 54.8 Å². The first-order valence-electron chi connectivity index (χ1n) is 17.6. The lowest BCUT2D eigenvalue weighted by molar-refractivity contribution is -0.143. The summed E-state index contributed by atoms with van der Waals surface area (Å²) in [6.45, 7) is -1.05. The highest BCUT2D eigenvalue weighted by Crippen LogP contribution is 2.13. The Hall–Kier alpha value is -5.62. The zero-order valence-electron chi connectivity index (χ0n) is 31.0. The molecule has 0 unspecified atom stereocenters.